The van der Waals surface area contributed by atoms with Gasteiger partial charge in [-0.3, -0.25) is 4.79 Å². The van der Waals surface area contributed by atoms with Gasteiger partial charge in [0.1, 0.15) is 17.3 Å². The summed E-state index contributed by atoms with van der Waals surface area (Å²) in [5.41, 5.74) is 0.621. The highest BCUT2D eigenvalue weighted by molar-refractivity contribution is 7.90. The Morgan fingerprint density at radius 1 is 1.39 bits per heavy atom. The minimum Gasteiger partial charge on any atom is -0.465 e. The minimum atomic E-state index is -4.13. The van der Waals surface area contributed by atoms with Crippen molar-refractivity contribution in [2.75, 3.05) is 38.0 Å². The van der Waals surface area contributed by atoms with Crippen LogP contribution in [0.15, 0.2) is 21.4 Å². The average molecular weight is 410 g/mol. The summed E-state index contributed by atoms with van der Waals surface area (Å²) in [7, 11) is 0.370. The van der Waals surface area contributed by atoms with Gasteiger partial charge in [0.2, 0.25) is 5.91 Å². The van der Waals surface area contributed by atoms with Crippen LogP contribution < -0.4 is 10.2 Å². The van der Waals surface area contributed by atoms with Gasteiger partial charge in [0.05, 0.1) is 24.0 Å². The summed E-state index contributed by atoms with van der Waals surface area (Å²) in [6.45, 7) is 4.07. The van der Waals surface area contributed by atoms with Crippen molar-refractivity contribution in [2.45, 2.75) is 37.6 Å². The van der Waals surface area contributed by atoms with Crippen molar-refractivity contribution in [3.63, 3.8) is 0 Å². The lowest BCUT2D eigenvalue weighted by Crippen LogP contribution is -2.46. The van der Waals surface area contributed by atoms with E-state index in [-0.39, 0.29) is 22.1 Å². The number of carbonyl (C=O) groups is 2. The van der Waals surface area contributed by atoms with Gasteiger partial charge < -0.3 is 19.9 Å². The van der Waals surface area contributed by atoms with Crippen molar-refractivity contribution in [3.8, 4) is 0 Å². The summed E-state index contributed by atoms with van der Waals surface area (Å²) in [4.78, 5) is 27.6. The molecular formula is C18H26N4O5S. The van der Waals surface area contributed by atoms with E-state index in [0.29, 0.717) is 12.2 Å². The third-order valence-electron chi connectivity index (χ3n) is 4.22. The first-order valence-electron chi connectivity index (χ1n) is 8.93. The Hall–Kier alpha value is -2.62. The summed E-state index contributed by atoms with van der Waals surface area (Å²) in [6.07, 6.45) is 2.76. The molecule has 1 heterocycles. The van der Waals surface area contributed by atoms with E-state index in [1.165, 1.54) is 35.4 Å². The molecule has 1 amide bonds. The number of fused-ring (bicyclic) bond motifs is 1. The summed E-state index contributed by atoms with van der Waals surface area (Å²) in [5.74, 6) is -0.888. The number of unbranched alkanes of at least 4 members (excludes halogenated alkanes) is 1. The number of ether oxygens (including phenoxy) is 1. The van der Waals surface area contributed by atoms with Crippen LogP contribution in [0.25, 0.3) is 0 Å². The Bertz CT molecular complexity index is 895. The van der Waals surface area contributed by atoms with E-state index in [0.717, 1.165) is 12.8 Å². The number of rotatable bonds is 7. The van der Waals surface area contributed by atoms with Crippen LogP contribution in [0.4, 0.5) is 11.4 Å². The first-order valence-corrected chi connectivity index (χ1v) is 10.4. The topological polar surface area (TPSA) is 108 Å². The molecule has 0 saturated heterocycles. The van der Waals surface area contributed by atoms with Gasteiger partial charge >= 0.3 is 5.97 Å². The lowest BCUT2D eigenvalue weighted by atomic mass is 10.1. The summed E-state index contributed by atoms with van der Waals surface area (Å²) < 4.78 is 34.1. The molecule has 1 aliphatic rings. The zero-order chi connectivity index (χ0) is 21.1. The van der Waals surface area contributed by atoms with Crippen LogP contribution in [0.5, 0.6) is 0 Å². The number of nitrogens with one attached hydrogen (secondary N) is 1. The molecule has 0 aromatic heterocycles. The first-order chi connectivity index (χ1) is 13.1. The van der Waals surface area contributed by atoms with E-state index in [1.54, 1.807) is 21.0 Å². The van der Waals surface area contributed by atoms with Crippen LogP contribution in [0.1, 0.15) is 37.0 Å². The molecule has 0 saturated carbocycles. The molecule has 1 atom stereocenters. The molecule has 1 aliphatic heterocycles. The van der Waals surface area contributed by atoms with Crippen LogP contribution in [0, 0.1) is 0 Å². The van der Waals surface area contributed by atoms with Crippen LogP contribution in [-0.4, -0.2) is 65.3 Å². The summed E-state index contributed by atoms with van der Waals surface area (Å²) in [6, 6.07) is 2.09. The maximum absolute atomic E-state index is 12.9. The number of sulfonamides is 1. The van der Waals surface area contributed by atoms with Gasteiger partial charge in [0.25, 0.3) is 10.0 Å². The van der Waals surface area contributed by atoms with Crippen molar-refractivity contribution >= 4 is 39.6 Å². The Morgan fingerprint density at radius 2 is 2.07 bits per heavy atom. The highest BCUT2D eigenvalue weighted by Crippen LogP contribution is 2.39. The number of benzene rings is 1. The fourth-order valence-corrected chi connectivity index (χ4v) is 3.91. The zero-order valence-electron chi connectivity index (χ0n) is 16.7. The monoisotopic (exact) mass is 410 g/mol. The van der Waals surface area contributed by atoms with E-state index in [1.807, 2.05) is 6.92 Å². The molecule has 1 N–H and O–H groups in total. The van der Waals surface area contributed by atoms with Crippen LogP contribution in [-0.2, 0) is 19.6 Å². The normalized spacial score (nSPS) is 16.7. The Balaban J connectivity index is 2.74. The molecule has 1 aromatic carbocycles. The van der Waals surface area contributed by atoms with E-state index >= 15 is 0 Å². The van der Waals surface area contributed by atoms with Crippen molar-refractivity contribution < 1.29 is 22.7 Å². The van der Waals surface area contributed by atoms with Crippen LogP contribution >= 0.6 is 0 Å². The first kappa shape index (κ1) is 21.7. The smallest absolute Gasteiger partial charge is 0.337 e. The molecule has 9 nitrogen and oxygen atoms in total. The number of nitrogens with zero attached hydrogens (tertiary/aromatic N) is 3. The van der Waals surface area contributed by atoms with Crippen LogP contribution in [0.3, 0.4) is 0 Å². The lowest BCUT2D eigenvalue weighted by Gasteiger charge is -2.35. The molecule has 0 bridgehead atoms. The molecule has 0 radical (unpaired) electrons. The Kier molecular flexibility index (Phi) is 6.65. The number of amides is 1. The van der Waals surface area contributed by atoms with Gasteiger partial charge in [-0.25, -0.2) is 4.79 Å². The minimum absolute atomic E-state index is 0.0329. The van der Waals surface area contributed by atoms with Gasteiger partial charge in [0, 0.05) is 20.6 Å². The standard InChI is InChI=1S/C18H26N4O5S/c1-6-7-8-22-14-9-13(18(24)27-5)10-15(16(14)20-12(2)17(22)23)28(25,26)19-11-21(3)4/h9-12,20H,6-8H2,1-5H3/b19-11+/t12-/m0/s1. The molecule has 1 aromatic rings. The fraction of sp³-hybridized carbons (Fsp3) is 0.500. The van der Waals surface area contributed by atoms with E-state index in [2.05, 4.69) is 9.71 Å². The largest absolute Gasteiger partial charge is 0.465 e. The molecule has 0 fully saturated rings. The highest BCUT2D eigenvalue weighted by Gasteiger charge is 2.35. The predicted octanol–water partition coefficient (Wildman–Crippen LogP) is 1.70. The molecular weight excluding hydrogens is 384 g/mol. The van der Waals surface area contributed by atoms with E-state index in [4.69, 9.17) is 4.74 Å². The number of hydrogen-bond donors (Lipinski definition) is 1. The quantitative estimate of drug-likeness (QED) is 0.414. The van der Waals surface area contributed by atoms with Gasteiger partial charge in [-0.15, -0.1) is 4.40 Å². The van der Waals surface area contributed by atoms with Crippen LogP contribution in [0.2, 0.25) is 0 Å². The van der Waals surface area contributed by atoms with E-state index < -0.39 is 22.0 Å². The third-order valence-corrected chi connectivity index (χ3v) is 5.47. The molecule has 0 aliphatic carbocycles. The maximum atomic E-state index is 12.9. The number of hydrogen-bond acceptors (Lipinski definition) is 6. The number of esters is 1. The Labute approximate surface area is 165 Å². The molecule has 28 heavy (non-hydrogen) atoms. The van der Waals surface area contributed by atoms with Gasteiger partial charge in [0.15, 0.2) is 0 Å². The average Bonchev–Trinajstić information content (AvgIpc) is 2.65. The lowest BCUT2D eigenvalue weighted by molar-refractivity contribution is -0.119. The number of carbonyl (C=O) groups excluding carboxylic acids is 2. The maximum Gasteiger partial charge on any atom is 0.337 e. The molecule has 2 rings (SSSR count). The molecule has 0 spiro atoms. The molecule has 10 heteroatoms. The van der Waals surface area contributed by atoms with Crippen molar-refractivity contribution in [1.29, 1.82) is 0 Å². The number of anilines is 2. The van der Waals surface area contributed by atoms with Crippen molar-refractivity contribution in [1.82, 2.24) is 4.90 Å². The Morgan fingerprint density at radius 3 is 2.64 bits per heavy atom. The molecule has 0 unspecified atom stereocenters. The van der Waals surface area contributed by atoms with E-state index in [9.17, 15) is 18.0 Å². The SMILES string of the molecule is CCCCN1C(=O)[C@H](C)Nc2c1cc(C(=O)OC)cc2S(=O)(=O)/N=C/N(C)C. The number of methoxy groups -OCH3 is 1. The zero-order valence-corrected chi connectivity index (χ0v) is 17.5. The second-order valence-electron chi connectivity index (χ2n) is 6.73. The van der Waals surface area contributed by atoms with Gasteiger partial charge in [-0.1, -0.05) is 13.3 Å². The summed E-state index contributed by atoms with van der Waals surface area (Å²) >= 11 is 0. The third kappa shape index (κ3) is 4.44. The second-order valence-corrected chi connectivity index (χ2v) is 8.33. The van der Waals surface area contributed by atoms with Crippen molar-refractivity contribution in [3.05, 3.63) is 17.7 Å². The highest BCUT2D eigenvalue weighted by atomic mass is 32.2. The second kappa shape index (κ2) is 8.59. The van der Waals surface area contributed by atoms with Gasteiger partial charge in [-0.2, -0.15) is 8.42 Å². The fourth-order valence-electron chi connectivity index (χ4n) is 2.79. The predicted molar refractivity (Wildman–Crippen MR) is 107 cm³/mol. The summed E-state index contributed by atoms with van der Waals surface area (Å²) in [5, 5.41) is 2.95. The van der Waals surface area contributed by atoms with Gasteiger partial charge in [-0.05, 0) is 25.5 Å². The van der Waals surface area contributed by atoms with Crippen molar-refractivity contribution in [2.24, 2.45) is 4.40 Å². The molecule has 154 valence electrons.